The maximum Gasteiger partial charge on any atom is 0.226 e. The Morgan fingerprint density at radius 1 is 1.19 bits per heavy atom. The number of hydrogen-bond acceptors (Lipinski definition) is 6. The number of nitrogens with one attached hydrogen (secondary N) is 1. The molecule has 0 aliphatic rings. The van der Waals surface area contributed by atoms with Crippen molar-refractivity contribution in [3.63, 3.8) is 0 Å². The van der Waals surface area contributed by atoms with Crippen LogP contribution in [-0.2, 0) is 21.1 Å². The Balaban J connectivity index is 1.61. The summed E-state index contributed by atoms with van der Waals surface area (Å²) in [4.78, 5) is 17.1. The largest absolute Gasteiger partial charge is 0.349 e. The van der Waals surface area contributed by atoms with Gasteiger partial charge in [0.2, 0.25) is 5.91 Å². The first-order valence-corrected chi connectivity index (χ1v) is 11.6. The molecule has 0 bridgehead atoms. The van der Waals surface area contributed by atoms with Gasteiger partial charge in [-0.05, 0) is 36.1 Å². The number of sulfone groups is 1. The van der Waals surface area contributed by atoms with Crippen molar-refractivity contribution in [2.24, 2.45) is 0 Å². The van der Waals surface area contributed by atoms with Gasteiger partial charge >= 0.3 is 0 Å². The Morgan fingerprint density at radius 2 is 1.92 bits per heavy atom. The fourth-order valence-electron chi connectivity index (χ4n) is 2.45. The molecule has 136 valence electrons. The van der Waals surface area contributed by atoms with Crippen molar-refractivity contribution >= 4 is 38.4 Å². The second-order valence-corrected chi connectivity index (χ2v) is 9.62. The number of rotatable bonds is 6. The number of carbonyl (C=O) groups is 1. The summed E-state index contributed by atoms with van der Waals surface area (Å²) in [5.41, 5.74) is 2.67. The molecular weight excluding hydrogens is 388 g/mol. The minimum Gasteiger partial charge on any atom is -0.349 e. The molecule has 2 heterocycles. The smallest absolute Gasteiger partial charge is 0.226 e. The van der Waals surface area contributed by atoms with Crippen molar-refractivity contribution in [3.05, 3.63) is 57.7 Å². The third-order valence-corrected chi connectivity index (χ3v) is 6.60. The third-order valence-electron chi connectivity index (χ3n) is 3.85. The summed E-state index contributed by atoms with van der Waals surface area (Å²) in [6.07, 6.45) is 1.39. The molecule has 1 atom stereocenters. The van der Waals surface area contributed by atoms with Crippen molar-refractivity contribution in [1.29, 1.82) is 0 Å². The minimum atomic E-state index is -3.22. The molecule has 5 nitrogen and oxygen atoms in total. The highest BCUT2D eigenvalue weighted by atomic mass is 32.2. The van der Waals surface area contributed by atoms with E-state index in [1.54, 1.807) is 35.6 Å². The summed E-state index contributed by atoms with van der Waals surface area (Å²) in [5.74, 6) is -0.119. The molecule has 0 fully saturated rings. The zero-order chi connectivity index (χ0) is 18.7. The molecule has 3 aromatic rings. The van der Waals surface area contributed by atoms with Crippen LogP contribution in [0, 0.1) is 0 Å². The number of hydrogen-bond donors (Lipinski definition) is 1. The van der Waals surface area contributed by atoms with E-state index in [0.717, 1.165) is 21.8 Å². The first-order chi connectivity index (χ1) is 12.3. The third kappa shape index (κ3) is 4.57. The van der Waals surface area contributed by atoms with Gasteiger partial charge in [0.1, 0.15) is 5.01 Å². The highest BCUT2D eigenvalue weighted by Crippen LogP contribution is 2.26. The van der Waals surface area contributed by atoms with Crippen LogP contribution in [0.25, 0.3) is 10.6 Å². The Hall–Kier alpha value is -2.03. The maximum absolute atomic E-state index is 12.3. The average Bonchev–Trinajstić information content (AvgIpc) is 3.25. The van der Waals surface area contributed by atoms with Crippen LogP contribution in [0.1, 0.15) is 24.2 Å². The van der Waals surface area contributed by atoms with Gasteiger partial charge in [-0.3, -0.25) is 4.79 Å². The Morgan fingerprint density at radius 3 is 2.54 bits per heavy atom. The normalized spacial score (nSPS) is 12.7. The molecule has 8 heteroatoms. The molecule has 1 aromatic carbocycles. The number of thiophene rings is 1. The minimum absolute atomic E-state index is 0.119. The number of benzene rings is 1. The van der Waals surface area contributed by atoms with E-state index in [9.17, 15) is 13.2 Å². The summed E-state index contributed by atoms with van der Waals surface area (Å²) in [6.45, 7) is 1.87. The first-order valence-electron chi connectivity index (χ1n) is 7.89. The van der Waals surface area contributed by atoms with Crippen LogP contribution in [0.3, 0.4) is 0 Å². The molecule has 0 radical (unpaired) electrons. The summed E-state index contributed by atoms with van der Waals surface area (Å²) in [6, 6.07) is 8.35. The molecule has 0 aliphatic carbocycles. The van der Waals surface area contributed by atoms with E-state index < -0.39 is 9.84 Å². The van der Waals surface area contributed by atoms with E-state index in [-0.39, 0.29) is 23.3 Å². The summed E-state index contributed by atoms with van der Waals surface area (Å²) >= 11 is 3.14. The molecule has 0 saturated heterocycles. The van der Waals surface area contributed by atoms with E-state index in [1.807, 2.05) is 29.1 Å². The molecule has 26 heavy (non-hydrogen) atoms. The van der Waals surface area contributed by atoms with E-state index in [2.05, 4.69) is 10.3 Å². The molecule has 0 aliphatic heterocycles. The van der Waals surface area contributed by atoms with Crippen LogP contribution < -0.4 is 5.32 Å². The van der Waals surface area contributed by atoms with Gasteiger partial charge in [0, 0.05) is 22.6 Å². The lowest BCUT2D eigenvalue weighted by molar-refractivity contribution is -0.121. The predicted octanol–water partition coefficient (Wildman–Crippen LogP) is 3.70. The molecule has 2 aromatic heterocycles. The first kappa shape index (κ1) is 18.8. The van der Waals surface area contributed by atoms with Gasteiger partial charge in [-0.1, -0.05) is 12.1 Å². The van der Waals surface area contributed by atoms with Crippen molar-refractivity contribution in [3.8, 4) is 10.6 Å². The highest BCUT2D eigenvalue weighted by molar-refractivity contribution is 7.90. The summed E-state index contributed by atoms with van der Waals surface area (Å²) in [7, 11) is -3.22. The lowest BCUT2D eigenvalue weighted by Gasteiger charge is -2.14. The van der Waals surface area contributed by atoms with Crippen LogP contribution in [0.5, 0.6) is 0 Å². The van der Waals surface area contributed by atoms with Crippen LogP contribution >= 0.6 is 22.7 Å². The fraction of sp³-hybridized carbons (Fsp3) is 0.222. The average molecular weight is 407 g/mol. The molecule has 3 rings (SSSR count). The number of aromatic nitrogens is 1. The van der Waals surface area contributed by atoms with Gasteiger partial charge in [-0.15, -0.1) is 11.3 Å². The van der Waals surface area contributed by atoms with Crippen molar-refractivity contribution < 1.29 is 13.2 Å². The Bertz CT molecular complexity index is 991. The topological polar surface area (TPSA) is 76.1 Å². The molecule has 0 spiro atoms. The van der Waals surface area contributed by atoms with Gasteiger partial charge in [0.05, 0.1) is 23.1 Å². The van der Waals surface area contributed by atoms with E-state index in [4.69, 9.17) is 0 Å². The number of carbonyl (C=O) groups excluding carboxylic acids is 1. The highest BCUT2D eigenvalue weighted by Gasteiger charge is 2.14. The summed E-state index contributed by atoms with van der Waals surface area (Å²) < 4.78 is 23.0. The number of amides is 1. The van der Waals surface area contributed by atoms with Gasteiger partial charge < -0.3 is 5.32 Å². The Kier molecular flexibility index (Phi) is 5.55. The van der Waals surface area contributed by atoms with Crippen LogP contribution in [0.4, 0.5) is 0 Å². The fourth-order valence-corrected chi connectivity index (χ4v) is 4.61. The predicted molar refractivity (Wildman–Crippen MR) is 105 cm³/mol. The molecule has 1 amide bonds. The second kappa shape index (κ2) is 7.69. The van der Waals surface area contributed by atoms with Gasteiger partial charge in [-0.2, -0.15) is 11.3 Å². The standard InChI is InChI=1S/C18H18N2O3S3/c1-12(13-3-5-16(6-4-13)26(2,22)23)19-17(21)9-15-11-25-18(20-15)14-7-8-24-10-14/h3-8,10-12H,9H2,1-2H3,(H,19,21)/t12-/m0/s1. The van der Waals surface area contributed by atoms with E-state index in [0.29, 0.717) is 0 Å². The van der Waals surface area contributed by atoms with Crippen molar-refractivity contribution in [2.45, 2.75) is 24.3 Å². The summed E-state index contributed by atoms with van der Waals surface area (Å²) in [5, 5.41) is 9.77. The monoisotopic (exact) mass is 406 g/mol. The molecule has 0 saturated carbocycles. The molecule has 1 N–H and O–H groups in total. The number of thiazole rings is 1. The lowest BCUT2D eigenvalue weighted by Crippen LogP contribution is -2.28. The van der Waals surface area contributed by atoms with E-state index >= 15 is 0 Å². The number of nitrogens with zero attached hydrogens (tertiary/aromatic N) is 1. The van der Waals surface area contributed by atoms with Gasteiger partial charge in [0.15, 0.2) is 9.84 Å². The van der Waals surface area contributed by atoms with Crippen molar-refractivity contribution in [2.75, 3.05) is 6.26 Å². The van der Waals surface area contributed by atoms with E-state index in [1.165, 1.54) is 17.6 Å². The second-order valence-electron chi connectivity index (χ2n) is 5.96. The van der Waals surface area contributed by atoms with Crippen molar-refractivity contribution in [1.82, 2.24) is 10.3 Å². The Labute approximate surface area is 160 Å². The van der Waals surface area contributed by atoms with Gasteiger partial charge in [-0.25, -0.2) is 13.4 Å². The molecular formula is C18H18N2O3S3. The quantitative estimate of drug-likeness (QED) is 0.677. The molecule has 0 unspecified atom stereocenters. The maximum atomic E-state index is 12.3. The SMILES string of the molecule is C[C@H](NC(=O)Cc1csc(-c2ccsc2)n1)c1ccc(S(C)(=O)=O)cc1. The van der Waals surface area contributed by atoms with Crippen LogP contribution in [0.2, 0.25) is 0 Å². The van der Waals surface area contributed by atoms with Gasteiger partial charge in [0.25, 0.3) is 0 Å². The lowest BCUT2D eigenvalue weighted by atomic mass is 10.1. The zero-order valence-electron chi connectivity index (χ0n) is 14.3. The van der Waals surface area contributed by atoms with Crippen LogP contribution in [-0.4, -0.2) is 25.6 Å². The zero-order valence-corrected chi connectivity index (χ0v) is 16.7. The van der Waals surface area contributed by atoms with Crippen LogP contribution in [0.15, 0.2) is 51.4 Å².